The maximum absolute atomic E-state index is 13.3. The molecule has 12 unspecified atom stereocenters. The quantitative estimate of drug-likeness (QED) is 0.0204. The summed E-state index contributed by atoms with van der Waals surface area (Å²) in [6.07, 6.45) is 57.5. The Morgan fingerprint density at radius 1 is 0.446 bits per heavy atom. The van der Waals surface area contributed by atoms with E-state index in [0.29, 0.717) is 12.8 Å². The second-order valence-electron chi connectivity index (χ2n) is 22.9. The van der Waals surface area contributed by atoms with Gasteiger partial charge in [-0.2, -0.15) is 0 Å². The van der Waals surface area contributed by atoms with Gasteiger partial charge >= 0.3 is 0 Å². The lowest BCUT2D eigenvalue weighted by Gasteiger charge is -2.46. The minimum absolute atomic E-state index is 0.213. The highest BCUT2D eigenvalue weighted by Crippen LogP contribution is 2.30. The van der Waals surface area contributed by atoms with Crippen LogP contribution in [0, 0.1) is 0 Å². The van der Waals surface area contributed by atoms with Crippen LogP contribution in [0.5, 0.6) is 0 Å². The highest BCUT2D eigenvalue weighted by Gasteiger charge is 2.51. The smallest absolute Gasteiger partial charge is 0.220 e. The number of nitrogens with one attached hydrogen (secondary N) is 1. The molecule has 0 radical (unpaired) electrons. The van der Waals surface area contributed by atoms with Gasteiger partial charge in [0, 0.05) is 6.42 Å². The number of carbonyl (C=O) groups excluding carboxylic acids is 1. The summed E-state index contributed by atoms with van der Waals surface area (Å²) in [5.41, 5.74) is 0. The number of carbonyl (C=O) groups is 1. The molecule has 478 valence electrons. The van der Waals surface area contributed by atoms with E-state index in [9.17, 15) is 45.6 Å². The molecule has 0 aliphatic carbocycles. The van der Waals surface area contributed by atoms with Crippen LogP contribution in [0.25, 0.3) is 0 Å². The lowest BCUT2D eigenvalue weighted by molar-refractivity contribution is -0.359. The van der Waals surface area contributed by atoms with Crippen LogP contribution in [-0.2, 0) is 23.7 Å². The second-order valence-corrected chi connectivity index (χ2v) is 22.9. The molecule has 0 spiro atoms. The van der Waals surface area contributed by atoms with Gasteiger partial charge in [-0.1, -0.05) is 246 Å². The normalized spacial score (nSPS) is 24.5. The zero-order chi connectivity index (χ0) is 60.2. The van der Waals surface area contributed by atoms with Gasteiger partial charge in [-0.15, -0.1) is 0 Å². The van der Waals surface area contributed by atoms with E-state index in [4.69, 9.17) is 18.9 Å². The molecule has 0 aromatic rings. The van der Waals surface area contributed by atoms with E-state index in [1.807, 2.05) is 6.08 Å². The summed E-state index contributed by atoms with van der Waals surface area (Å²) in [6, 6.07) is -0.963. The summed E-state index contributed by atoms with van der Waals surface area (Å²) in [5.74, 6) is -0.293. The molecule has 2 heterocycles. The number of allylic oxidation sites excluding steroid dienone is 15. The van der Waals surface area contributed by atoms with Crippen molar-refractivity contribution in [1.82, 2.24) is 5.32 Å². The molecule has 0 bridgehead atoms. The molecule has 9 N–H and O–H groups in total. The first-order valence-electron chi connectivity index (χ1n) is 33.0. The van der Waals surface area contributed by atoms with Gasteiger partial charge in [0.25, 0.3) is 0 Å². The average molecular weight is 1170 g/mol. The lowest BCUT2D eigenvalue weighted by Crippen LogP contribution is -2.65. The van der Waals surface area contributed by atoms with Crippen molar-refractivity contribution in [2.45, 2.75) is 312 Å². The van der Waals surface area contributed by atoms with Crippen LogP contribution >= 0.6 is 0 Å². The zero-order valence-electron chi connectivity index (χ0n) is 51.7. The van der Waals surface area contributed by atoms with Crippen LogP contribution in [0.1, 0.15) is 239 Å². The predicted molar refractivity (Wildman–Crippen MR) is 336 cm³/mol. The molecule has 2 fully saturated rings. The summed E-state index contributed by atoms with van der Waals surface area (Å²) in [6.45, 7) is 2.65. The van der Waals surface area contributed by atoms with Gasteiger partial charge in [-0.3, -0.25) is 4.79 Å². The van der Waals surface area contributed by atoms with Crippen LogP contribution in [0.4, 0.5) is 0 Å². The highest BCUT2D eigenvalue weighted by molar-refractivity contribution is 5.76. The lowest BCUT2D eigenvalue weighted by atomic mass is 9.97. The van der Waals surface area contributed by atoms with Crippen molar-refractivity contribution in [2.75, 3.05) is 19.8 Å². The van der Waals surface area contributed by atoms with Crippen molar-refractivity contribution < 1.29 is 64.6 Å². The molecule has 0 aromatic heterocycles. The van der Waals surface area contributed by atoms with Gasteiger partial charge < -0.3 is 65.1 Å². The zero-order valence-corrected chi connectivity index (χ0v) is 51.7. The van der Waals surface area contributed by atoms with E-state index in [1.165, 1.54) is 141 Å². The Bertz CT molecular complexity index is 1760. The molecular formula is C69H119NO13. The minimum atomic E-state index is -1.80. The molecule has 12 atom stereocenters. The standard InChI is InChI=1S/C69H119NO13/c1-3-5-7-9-11-13-15-17-19-21-23-25-26-27-28-29-30-31-33-34-36-38-40-42-44-46-48-50-52-58(73)57(56-80-68-66(79)64(77)67(60(55-72)82-68)83-69-65(78)63(76)62(75)59(54-71)81-69)70-61(74)53-51-49-47-45-43-41-39-37-35-32-24-22-20-18-16-14-12-10-8-6-4-2/h6,8,12,14,18,20,24,32,37,39,42-45,50,52,57-60,62-69,71-73,75-79H,3-5,7,9-11,13,15-17,19,21-23,25-31,33-36,38,40-41,46-49,51,53-56H2,1-2H3,(H,70,74)/b8-6-,14-12-,20-18-,32-24-,39-37-,44-42+,45-43-,52-50+. The molecule has 14 nitrogen and oxygen atoms in total. The number of hydrogen-bond acceptors (Lipinski definition) is 13. The fraction of sp³-hybridized carbons (Fsp3) is 0.754. The molecule has 0 aromatic carbocycles. The van der Waals surface area contributed by atoms with E-state index in [1.54, 1.807) is 6.08 Å². The monoisotopic (exact) mass is 1170 g/mol. The Labute approximate surface area is 503 Å². The third-order valence-electron chi connectivity index (χ3n) is 15.5. The third-order valence-corrected chi connectivity index (χ3v) is 15.5. The fourth-order valence-corrected chi connectivity index (χ4v) is 10.3. The Morgan fingerprint density at radius 2 is 0.843 bits per heavy atom. The molecule has 83 heavy (non-hydrogen) atoms. The van der Waals surface area contributed by atoms with Crippen molar-refractivity contribution in [2.24, 2.45) is 0 Å². The van der Waals surface area contributed by atoms with Gasteiger partial charge in [0.2, 0.25) is 5.91 Å². The van der Waals surface area contributed by atoms with Gasteiger partial charge in [0.05, 0.1) is 32.0 Å². The second kappa shape index (κ2) is 53.2. The van der Waals surface area contributed by atoms with Crippen molar-refractivity contribution in [3.8, 4) is 0 Å². The molecule has 2 aliphatic heterocycles. The molecule has 2 aliphatic rings. The first-order valence-corrected chi connectivity index (χ1v) is 33.0. The van der Waals surface area contributed by atoms with Crippen molar-refractivity contribution >= 4 is 5.91 Å². The van der Waals surface area contributed by atoms with E-state index >= 15 is 0 Å². The number of aliphatic hydroxyl groups excluding tert-OH is 8. The summed E-state index contributed by atoms with van der Waals surface area (Å²) < 4.78 is 22.8. The summed E-state index contributed by atoms with van der Waals surface area (Å²) >= 11 is 0. The van der Waals surface area contributed by atoms with Gasteiger partial charge in [0.1, 0.15) is 48.8 Å². The molecule has 2 rings (SSSR count). The molecule has 1 amide bonds. The van der Waals surface area contributed by atoms with Crippen LogP contribution in [0.2, 0.25) is 0 Å². The van der Waals surface area contributed by atoms with E-state index in [0.717, 1.165) is 64.2 Å². The van der Waals surface area contributed by atoms with E-state index < -0.39 is 86.8 Å². The first-order chi connectivity index (χ1) is 40.6. The number of aliphatic hydroxyl groups is 8. The van der Waals surface area contributed by atoms with Gasteiger partial charge in [-0.05, 0) is 83.5 Å². The SMILES string of the molecule is CC/C=C\C/C=C\C/C=C\C/C=C\C/C=C\C/C=C\CCCCC(=O)NC(COC1OC(CO)C(OC2OC(CO)C(O)C(O)C2O)C(O)C1O)C(O)/C=C/CC/C=C/CCCCCCCCCCCCCCCCCCCCCCCC. The number of ether oxygens (including phenoxy) is 4. The number of unbranched alkanes of at least 4 members (excludes halogenated alkanes) is 25. The van der Waals surface area contributed by atoms with Crippen LogP contribution in [-0.4, -0.2) is 140 Å². The number of hydrogen-bond donors (Lipinski definition) is 9. The highest BCUT2D eigenvalue weighted by atomic mass is 16.7. The van der Waals surface area contributed by atoms with Crippen molar-refractivity contribution in [3.05, 3.63) is 97.2 Å². The summed E-state index contributed by atoms with van der Waals surface area (Å²) in [7, 11) is 0. The predicted octanol–water partition coefficient (Wildman–Crippen LogP) is 12.6. The van der Waals surface area contributed by atoms with Gasteiger partial charge in [0.15, 0.2) is 12.6 Å². The van der Waals surface area contributed by atoms with E-state index in [-0.39, 0.29) is 18.9 Å². The Kier molecular flexibility index (Phi) is 48.7. The summed E-state index contributed by atoms with van der Waals surface area (Å²) in [4.78, 5) is 13.3. The molecule has 2 saturated heterocycles. The van der Waals surface area contributed by atoms with Crippen LogP contribution in [0.15, 0.2) is 97.2 Å². The van der Waals surface area contributed by atoms with Crippen molar-refractivity contribution in [3.63, 3.8) is 0 Å². The molecule has 14 heteroatoms. The van der Waals surface area contributed by atoms with Crippen LogP contribution in [0.3, 0.4) is 0 Å². The molecular weight excluding hydrogens is 1050 g/mol. The van der Waals surface area contributed by atoms with E-state index in [2.05, 4.69) is 104 Å². The topological polar surface area (TPSA) is 228 Å². The number of rotatable bonds is 52. The van der Waals surface area contributed by atoms with Crippen molar-refractivity contribution in [1.29, 1.82) is 0 Å². The van der Waals surface area contributed by atoms with Crippen LogP contribution < -0.4 is 5.32 Å². The fourth-order valence-electron chi connectivity index (χ4n) is 10.3. The maximum Gasteiger partial charge on any atom is 0.220 e. The Balaban J connectivity index is 1.75. The number of amides is 1. The largest absolute Gasteiger partial charge is 0.394 e. The summed E-state index contributed by atoms with van der Waals surface area (Å²) in [5, 5.41) is 87.2. The Hall–Kier alpha value is -3.09. The third kappa shape index (κ3) is 37.9. The molecule has 0 saturated carbocycles. The maximum atomic E-state index is 13.3. The van der Waals surface area contributed by atoms with Gasteiger partial charge in [-0.25, -0.2) is 0 Å². The first kappa shape index (κ1) is 76.0. The average Bonchev–Trinajstić information content (AvgIpc) is 3.59. The minimum Gasteiger partial charge on any atom is -0.394 e. The Morgan fingerprint density at radius 3 is 1.33 bits per heavy atom.